The van der Waals surface area contributed by atoms with E-state index in [0.717, 1.165) is 19.2 Å². The summed E-state index contributed by atoms with van der Waals surface area (Å²) in [4.78, 5) is 11.2. The zero-order chi connectivity index (χ0) is 13.9. The Bertz CT molecular complexity index is 525. The first-order chi connectivity index (χ1) is 8.28. The van der Waals surface area contributed by atoms with Gasteiger partial charge in [0.25, 0.3) is 0 Å². The molecule has 0 heterocycles. The van der Waals surface area contributed by atoms with Crippen molar-refractivity contribution in [3.8, 4) is 6.07 Å². The lowest BCUT2D eigenvalue weighted by atomic mass is 10.1. The van der Waals surface area contributed by atoms with E-state index in [2.05, 4.69) is 20.7 Å². The molecule has 1 aromatic carbocycles. The van der Waals surface area contributed by atoms with Gasteiger partial charge >= 0.3 is 11.5 Å². The predicted molar refractivity (Wildman–Crippen MR) is 62.1 cm³/mol. The summed E-state index contributed by atoms with van der Waals surface area (Å²) in [5, 5.41) is 8.84. The van der Waals surface area contributed by atoms with Crippen molar-refractivity contribution >= 4 is 33.7 Å². The third-order valence-electron chi connectivity index (χ3n) is 1.81. The van der Waals surface area contributed by atoms with Crippen molar-refractivity contribution in [2.75, 3.05) is 7.11 Å². The minimum atomic E-state index is -4.46. The molecule has 1 rings (SSSR count). The van der Waals surface area contributed by atoms with Crippen LogP contribution < -0.4 is 0 Å². The average Bonchev–Trinajstić information content (AvgIpc) is 2.24. The van der Waals surface area contributed by atoms with Gasteiger partial charge < -0.3 is 4.74 Å². The minimum Gasteiger partial charge on any atom is -0.465 e. The van der Waals surface area contributed by atoms with Gasteiger partial charge in [0.15, 0.2) is 0 Å². The van der Waals surface area contributed by atoms with Crippen molar-refractivity contribution in [3.63, 3.8) is 0 Å². The van der Waals surface area contributed by atoms with E-state index >= 15 is 0 Å². The fourth-order valence-electron chi connectivity index (χ4n) is 1.17. The molecule has 0 saturated carbocycles. The molecule has 0 unspecified atom stereocenters. The Balaban J connectivity index is 3.29. The number of carbonyl (C=O) groups excluding carboxylic acids is 1. The number of methoxy groups -OCH3 is 1. The molecule has 0 aliphatic carbocycles. The van der Waals surface area contributed by atoms with Crippen LogP contribution in [0.1, 0.15) is 15.9 Å². The molecule has 0 amide bonds. The summed E-state index contributed by atoms with van der Waals surface area (Å²) < 4.78 is 41.2. The molecule has 0 spiro atoms. The van der Waals surface area contributed by atoms with Gasteiger partial charge in [-0.3, -0.25) is 0 Å². The van der Waals surface area contributed by atoms with Crippen LogP contribution in [0.2, 0.25) is 0 Å². The molecule has 0 radical (unpaired) electrons. The summed E-state index contributed by atoms with van der Waals surface area (Å²) in [5.74, 6) is -0.790. The van der Waals surface area contributed by atoms with Crippen LogP contribution in [0.15, 0.2) is 21.5 Å². The van der Waals surface area contributed by atoms with Crippen LogP contribution in [0.3, 0.4) is 0 Å². The van der Waals surface area contributed by atoms with Gasteiger partial charge in [-0.15, -0.1) is 0 Å². The summed E-state index contributed by atoms with van der Waals surface area (Å²) in [5.41, 5.74) is -4.73. The number of hydrogen-bond acceptors (Lipinski definition) is 4. The second-order valence-corrected chi connectivity index (χ2v) is 4.97. The molecule has 1 aromatic rings. The summed E-state index contributed by atoms with van der Waals surface area (Å²) >= 11 is 2.59. The number of hydrogen-bond donors (Lipinski definition) is 0. The zero-order valence-corrected chi connectivity index (χ0v) is 11.2. The normalized spacial score (nSPS) is 10.9. The first-order valence-electron chi connectivity index (χ1n) is 4.36. The number of halogens is 4. The zero-order valence-electron chi connectivity index (χ0n) is 8.84. The van der Waals surface area contributed by atoms with E-state index in [1.165, 1.54) is 0 Å². The van der Waals surface area contributed by atoms with Gasteiger partial charge in [-0.05, 0) is 39.8 Å². The van der Waals surface area contributed by atoms with Gasteiger partial charge in [-0.1, -0.05) is 0 Å². The predicted octanol–water partition coefficient (Wildman–Crippen LogP) is 3.72. The Morgan fingerprint density at radius 3 is 2.56 bits per heavy atom. The first-order valence-corrected chi connectivity index (χ1v) is 5.97. The molecule has 0 saturated heterocycles. The number of thioether (sulfide) groups is 1. The van der Waals surface area contributed by atoms with Crippen LogP contribution in [-0.2, 0) is 4.74 Å². The number of rotatable bonds is 2. The van der Waals surface area contributed by atoms with Crippen LogP contribution in [0.5, 0.6) is 0 Å². The quantitative estimate of drug-likeness (QED) is 0.608. The van der Waals surface area contributed by atoms with Gasteiger partial charge in [0.2, 0.25) is 0 Å². The minimum absolute atomic E-state index is 0.0835. The SMILES string of the molecule is COC(=O)c1c(Br)cc(SC(F)(F)F)cc1C#N. The monoisotopic (exact) mass is 339 g/mol. The molecule has 0 atom stereocenters. The Morgan fingerprint density at radius 2 is 2.11 bits per heavy atom. The summed E-state index contributed by atoms with van der Waals surface area (Å²) in [6, 6.07) is 3.78. The lowest BCUT2D eigenvalue weighted by Gasteiger charge is -2.09. The van der Waals surface area contributed by atoms with Crippen LogP contribution in [0, 0.1) is 11.3 Å². The number of esters is 1. The van der Waals surface area contributed by atoms with Crippen LogP contribution in [0.25, 0.3) is 0 Å². The van der Waals surface area contributed by atoms with Gasteiger partial charge in [0, 0.05) is 9.37 Å². The van der Waals surface area contributed by atoms with E-state index in [0.29, 0.717) is 0 Å². The Morgan fingerprint density at radius 1 is 1.50 bits per heavy atom. The maximum Gasteiger partial charge on any atom is 0.446 e. The highest BCUT2D eigenvalue weighted by atomic mass is 79.9. The van der Waals surface area contributed by atoms with Crippen LogP contribution in [0.4, 0.5) is 13.2 Å². The Labute approximate surface area is 113 Å². The van der Waals surface area contributed by atoms with Crippen molar-refractivity contribution < 1.29 is 22.7 Å². The number of carbonyl (C=O) groups is 1. The summed E-state index contributed by atoms with van der Waals surface area (Å²) in [6.07, 6.45) is 0. The molecule has 0 aliphatic rings. The third-order valence-corrected chi connectivity index (χ3v) is 3.14. The van der Waals surface area contributed by atoms with Gasteiger partial charge in [-0.25, -0.2) is 4.79 Å². The van der Waals surface area contributed by atoms with Crippen molar-refractivity contribution in [3.05, 3.63) is 27.7 Å². The summed E-state index contributed by atoms with van der Waals surface area (Å²) in [7, 11) is 1.12. The van der Waals surface area contributed by atoms with E-state index < -0.39 is 11.5 Å². The fourth-order valence-corrected chi connectivity index (χ4v) is 2.57. The van der Waals surface area contributed by atoms with Crippen molar-refractivity contribution in [2.24, 2.45) is 0 Å². The lowest BCUT2D eigenvalue weighted by molar-refractivity contribution is -0.0328. The van der Waals surface area contributed by atoms with Crippen molar-refractivity contribution in [1.82, 2.24) is 0 Å². The Kier molecular flexibility index (Phi) is 4.65. The van der Waals surface area contributed by atoms with Crippen LogP contribution in [-0.4, -0.2) is 18.6 Å². The topological polar surface area (TPSA) is 50.1 Å². The first kappa shape index (κ1) is 14.9. The highest BCUT2D eigenvalue weighted by Crippen LogP contribution is 2.39. The standard InChI is InChI=1S/C10H5BrF3NO2S/c1-17-9(16)8-5(4-15)2-6(3-7(8)11)18-10(12,13)14/h2-3H,1H3. The molecule has 18 heavy (non-hydrogen) atoms. The van der Waals surface area contributed by atoms with Gasteiger partial charge in [0.1, 0.15) is 6.07 Å². The number of nitrogens with zero attached hydrogens (tertiary/aromatic N) is 1. The number of nitriles is 1. The van der Waals surface area contributed by atoms with E-state index in [-0.39, 0.29) is 32.3 Å². The molecular formula is C10H5BrF3NO2S. The highest BCUT2D eigenvalue weighted by Gasteiger charge is 2.30. The van der Waals surface area contributed by atoms with Gasteiger partial charge in [0.05, 0.1) is 18.2 Å². The maximum atomic E-state index is 12.2. The second-order valence-electron chi connectivity index (χ2n) is 2.98. The molecule has 8 heteroatoms. The smallest absolute Gasteiger partial charge is 0.446 e. The largest absolute Gasteiger partial charge is 0.465 e. The molecule has 0 aromatic heterocycles. The van der Waals surface area contributed by atoms with E-state index in [1.807, 2.05) is 0 Å². The molecule has 0 N–H and O–H groups in total. The second kappa shape index (κ2) is 5.63. The molecule has 96 valence electrons. The molecule has 0 bridgehead atoms. The Hall–Kier alpha value is -1.20. The number of benzene rings is 1. The average molecular weight is 340 g/mol. The highest BCUT2D eigenvalue weighted by molar-refractivity contribution is 9.10. The van der Waals surface area contributed by atoms with E-state index in [9.17, 15) is 18.0 Å². The molecule has 3 nitrogen and oxygen atoms in total. The van der Waals surface area contributed by atoms with Crippen molar-refractivity contribution in [2.45, 2.75) is 10.4 Å². The number of ether oxygens (including phenoxy) is 1. The summed E-state index contributed by atoms with van der Waals surface area (Å²) in [6.45, 7) is 0. The van der Waals surface area contributed by atoms with Gasteiger partial charge in [-0.2, -0.15) is 18.4 Å². The molecular weight excluding hydrogens is 335 g/mol. The van der Waals surface area contributed by atoms with Crippen LogP contribution >= 0.6 is 27.7 Å². The number of alkyl halides is 3. The fraction of sp³-hybridized carbons (Fsp3) is 0.200. The van der Waals surface area contributed by atoms with Crippen molar-refractivity contribution in [1.29, 1.82) is 5.26 Å². The van der Waals surface area contributed by atoms with E-state index in [1.54, 1.807) is 6.07 Å². The lowest BCUT2D eigenvalue weighted by Crippen LogP contribution is -2.06. The molecule has 0 aliphatic heterocycles. The molecule has 0 fully saturated rings. The van der Waals surface area contributed by atoms with E-state index in [4.69, 9.17) is 5.26 Å². The third kappa shape index (κ3) is 3.65. The maximum absolute atomic E-state index is 12.2.